The third-order valence-corrected chi connectivity index (χ3v) is 4.45. The highest BCUT2D eigenvalue weighted by atomic mass is 35.5. The number of hydrogen-bond acceptors (Lipinski definition) is 3. The topological polar surface area (TPSA) is 41.6 Å². The molecule has 1 aliphatic heterocycles. The Kier molecular flexibility index (Phi) is 6.50. The van der Waals surface area contributed by atoms with Crippen LogP contribution in [0.25, 0.3) is 0 Å². The molecule has 1 amide bonds. The summed E-state index contributed by atoms with van der Waals surface area (Å²) in [5.74, 6) is 0.738. The fraction of sp³-hybridized carbons (Fsp3) is 0.562. The van der Waals surface area contributed by atoms with Crippen molar-refractivity contribution in [2.45, 2.75) is 18.9 Å². The molecule has 4 nitrogen and oxygen atoms in total. The molecule has 1 heterocycles. The van der Waals surface area contributed by atoms with Gasteiger partial charge in [-0.3, -0.25) is 4.79 Å². The van der Waals surface area contributed by atoms with Crippen molar-refractivity contribution in [1.29, 1.82) is 0 Å². The van der Waals surface area contributed by atoms with Gasteiger partial charge in [-0.2, -0.15) is 0 Å². The maximum atomic E-state index is 12.4. The molecule has 0 spiro atoms. The number of nitrogens with zero attached hydrogens (tertiary/aromatic N) is 1. The van der Waals surface area contributed by atoms with Gasteiger partial charge in [-0.05, 0) is 30.4 Å². The van der Waals surface area contributed by atoms with Gasteiger partial charge in [0.25, 0.3) is 0 Å². The average molecular weight is 345 g/mol. The number of carbonyl (C=O) groups excluding carboxylic acids is 1. The normalized spacial score (nSPS) is 21.3. The molecule has 1 aliphatic carbocycles. The lowest BCUT2D eigenvalue weighted by atomic mass is 10.0. The van der Waals surface area contributed by atoms with Crippen LogP contribution in [0.2, 0.25) is 5.02 Å². The third kappa shape index (κ3) is 4.35. The van der Waals surface area contributed by atoms with Gasteiger partial charge in [-0.1, -0.05) is 29.8 Å². The van der Waals surface area contributed by atoms with Gasteiger partial charge in [0.15, 0.2) is 0 Å². The highest BCUT2D eigenvalue weighted by Crippen LogP contribution is 2.30. The number of hydrogen-bond donors (Lipinski definition) is 1. The largest absolute Gasteiger partial charge is 0.371 e. The molecule has 1 aromatic rings. The van der Waals surface area contributed by atoms with Gasteiger partial charge in [0.05, 0.1) is 12.6 Å². The highest BCUT2D eigenvalue weighted by molar-refractivity contribution is 6.31. The summed E-state index contributed by atoms with van der Waals surface area (Å²) in [6, 6.07) is 7.72. The molecule has 0 bridgehead atoms. The van der Waals surface area contributed by atoms with E-state index in [4.69, 9.17) is 16.3 Å². The standard InChI is InChI=1S/C16H21ClN2O2.ClH/c17-14-4-2-1-3-13(14)15-9-18-7-8-19(15)16(20)11-21-10-12-5-6-12;/h1-4,12,15,18H,5-11H2;1H. The molecule has 3 rings (SSSR count). The summed E-state index contributed by atoms with van der Waals surface area (Å²) in [5.41, 5.74) is 1.00. The van der Waals surface area contributed by atoms with Gasteiger partial charge in [0.2, 0.25) is 5.91 Å². The Hall–Kier alpha value is -0.810. The number of rotatable bonds is 5. The minimum Gasteiger partial charge on any atom is -0.371 e. The van der Waals surface area contributed by atoms with E-state index in [1.54, 1.807) is 0 Å². The van der Waals surface area contributed by atoms with Gasteiger partial charge >= 0.3 is 0 Å². The van der Waals surface area contributed by atoms with Crippen molar-refractivity contribution in [1.82, 2.24) is 10.2 Å². The van der Waals surface area contributed by atoms with Gasteiger partial charge in [-0.15, -0.1) is 12.4 Å². The summed E-state index contributed by atoms with van der Waals surface area (Å²) >= 11 is 6.28. The van der Waals surface area contributed by atoms with Crippen LogP contribution in [0, 0.1) is 5.92 Å². The van der Waals surface area contributed by atoms with Crippen molar-refractivity contribution >= 4 is 29.9 Å². The molecule has 122 valence electrons. The Morgan fingerprint density at radius 1 is 1.36 bits per heavy atom. The van der Waals surface area contributed by atoms with E-state index in [-0.39, 0.29) is 31.0 Å². The van der Waals surface area contributed by atoms with E-state index in [9.17, 15) is 4.79 Å². The summed E-state index contributed by atoms with van der Waals surface area (Å²) in [5, 5.41) is 4.05. The van der Waals surface area contributed by atoms with E-state index in [2.05, 4.69) is 5.32 Å². The van der Waals surface area contributed by atoms with Gasteiger partial charge in [0.1, 0.15) is 6.61 Å². The summed E-state index contributed by atoms with van der Waals surface area (Å²) in [7, 11) is 0. The molecule has 2 aliphatic rings. The second-order valence-electron chi connectivity index (χ2n) is 5.79. The first-order valence-corrected chi connectivity index (χ1v) is 7.96. The van der Waals surface area contributed by atoms with Crippen LogP contribution < -0.4 is 5.32 Å². The molecular weight excluding hydrogens is 323 g/mol. The second kappa shape index (κ2) is 8.16. The summed E-state index contributed by atoms with van der Waals surface area (Å²) < 4.78 is 5.54. The second-order valence-corrected chi connectivity index (χ2v) is 6.19. The number of nitrogens with one attached hydrogen (secondary N) is 1. The average Bonchev–Trinajstić information content (AvgIpc) is 3.32. The molecule has 2 fully saturated rings. The van der Waals surface area contributed by atoms with Crippen LogP contribution in [0.5, 0.6) is 0 Å². The Morgan fingerprint density at radius 3 is 2.86 bits per heavy atom. The number of benzene rings is 1. The predicted octanol–water partition coefficient (Wildman–Crippen LogP) is 2.66. The Morgan fingerprint density at radius 2 is 2.14 bits per heavy atom. The van der Waals surface area contributed by atoms with E-state index in [0.717, 1.165) is 18.7 Å². The van der Waals surface area contributed by atoms with Crippen molar-refractivity contribution in [2.75, 3.05) is 32.8 Å². The third-order valence-electron chi connectivity index (χ3n) is 4.10. The van der Waals surface area contributed by atoms with Crippen molar-refractivity contribution in [2.24, 2.45) is 5.92 Å². The Labute approximate surface area is 142 Å². The van der Waals surface area contributed by atoms with E-state index >= 15 is 0 Å². The summed E-state index contributed by atoms with van der Waals surface area (Å²) in [6.07, 6.45) is 2.48. The molecule has 1 unspecified atom stereocenters. The first-order valence-electron chi connectivity index (χ1n) is 7.58. The minimum absolute atomic E-state index is 0. The number of amides is 1. The zero-order valence-corrected chi connectivity index (χ0v) is 14.0. The van der Waals surface area contributed by atoms with Gasteiger partial charge in [-0.25, -0.2) is 0 Å². The van der Waals surface area contributed by atoms with E-state index < -0.39 is 0 Å². The van der Waals surface area contributed by atoms with Crippen molar-refractivity contribution < 1.29 is 9.53 Å². The van der Waals surface area contributed by atoms with Crippen molar-refractivity contribution in [3.63, 3.8) is 0 Å². The minimum atomic E-state index is -0.00975. The number of halogens is 2. The van der Waals surface area contributed by atoms with Crippen molar-refractivity contribution in [3.05, 3.63) is 34.9 Å². The SMILES string of the molecule is Cl.O=C(COCC1CC1)N1CCNCC1c1ccccc1Cl. The monoisotopic (exact) mass is 344 g/mol. The van der Waals surface area contributed by atoms with Gasteiger partial charge in [0, 0.05) is 24.7 Å². The van der Waals surface area contributed by atoms with E-state index in [1.165, 1.54) is 12.8 Å². The lowest BCUT2D eigenvalue weighted by Gasteiger charge is -2.37. The maximum Gasteiger partial charge on any atom is 0.249 e. The molecule has 1 saturated heterocycles. The molecule has 1 atom stereocenters. The smallest absolute Gasteiger partial charge is 0.249 e. The zero-order chi connectivity index (χ0) is 14.7. The lowest BCUT2D eigenvalue weighted by Crippen LogP contribution is -2.49. The molecule has 0 radical (unpaired) electrons. The van der Waals surface area contributed by atoms with Crippen molar-refractivity contribution in [3.8, 4) is 0 Å². The van der Waals surface area contributed by atoms with Crippen LogP contribution in [0.3, 0.4) is 0 Å². The molecule has 0 aromatic heterocycles. The van der Waals surface area contributed by atoms with Crippen LogP contribution in [-0.2, 0) is 9.53 Å². The first kappa shape index (κ1) is 17.5. The molecular formula is C16H22Cl2N2O2. The van der Waals surface area contributed by atoms with Crippen LogP contribution >= 0.6 is 24.0 Å². The molecule has 1 saturated carbocycles. The number of piperazine rings is 1. The summed E-state index contributed by atoms with van der Waals surface area (Å²) in [6.45, 7) is 3.14. The Bertz CT molecular complexity index is 509. The van der Waals surface area contributed by atoms with Gasteiger partial charge < -0.3 is 15.0 Å². The maximum absolute atomic E-state index is 12.4. The van der Waals surface area contributed by atoms with Crippen LogP contribution in [-0.4, -0.2) is 43.7 Å². The van der Waals surface area contributed by atoms with E-state index in [1.807, 2.05) is 29.2 Å². The highest BCUT2D eigenvalue weighted by Gasteiger charge is 2.29. The van der Waals surface area contributed by atoms with Crippen LogP contribution in [0.1, 0.15) is 24.4 Å². The van der Waals surface area contributed by atoms with Crippen LogP contribution in [0.15, 0.2) is 24.3 Å². The molecule has 1 aromatic carbocycles. The first-order chi connectivity index (χ1) is 10.3. The lowest BCUT2D eigenvalue weighted by molar-refractivity contribution is -0.139. The quantitative estimate of drug-likeness (QED) is 0.892. The number of carbonyl (C=O) groups is 1. The molecule has 6 heteroatoms. The predicted molar refractivity (Wildman–Crippen MR) is 89.6 cm³/mol. The van der Waals surface area contributed by atoms with Crippen LogP contribution in [0.4, 0.5) is 0 Å². The zero-order valence-electron chi connectivity index (χ0n) is 12.5. The van der Waals surface area contributed by atoms with E-state index in [0.29, 0.717) is 24.1 Å². The summed E-state index contributed by atoms with van der Waals surface area (Å²) in [4.78, 5) is 14.3. The fourth-order valence-electron chi connectivity index (χ4n) is 2.71. The Balaban J connectivity index is 0.00000176. The molecule has 1 N–H and O–H groups in total. The molecule has 22 heavy (non-hydrogen) atoms. The number of ether oxygens (including phenoxy) is 1. The fourth-order valence-corrected chi connectivity index (χ4v) is 2.97.